The molecule has 0 amide bonds. The summed E-state index contributed by atoms with van der Waals surface area (Å²) in [5.74, 6) is 0. The predicted molar refractivity (Wildman–Crippen MR) is 185 cm³/mol. The molecular weight excluding hydrogens is 504 g/mol. The molecule has 0 heterocycles. The highest BCUT2D eigenvalue weighted by molar-refractivity contribution is 6.00. The van der Waals surface area contributed by atoms with E-state index in [1.807, 2.05) is 0 Å². The van der Waals surface area contributed by atoms with Crippen LogP contribution in [0.1, 0.15) is 22.3 Å². The molecule has 0 nitrogen and oxygen atoms in total. The van der Waals surface area contributed by atoms with Crippen LogP contribution < -0.4 is 0 Å². The van der Waals surface area contributed by atoms with Crippen LogP contribution in [-0.4, -0.2) is 0 Å². The lowest BCUT2D eigenvalue weighted by molar-refractivity contribution is 1.68. The lowest BCUT2D eigenvalue weighted by Gasteiger charge is -2.05. The number of rotatable bonds is 4. The van der Waals surface area contributed by atoms with Crippen molar-refractivity contribution in [3.05, 3.63) is 168 Å². The normalized spacial score (nSPS) is 12.1. The van der Waals surface area contributed by atoms with E-state index in [1.165, 1.54) is 76.1 Å². The van der Waals surface area contributed by atoms with Crippen LogP contribution >= 0.6 is 0 Å². The largest absolute Gasteiger partial charge is 0.0616 e. The molecule has 0 heteroatoms. The smallest absolute Gasteiger partial charge is 0.0172 e. The minimum absolute atomic E-state index is 1.20. The van der Waals surface area contributed by atoms with Crippen LogP contribution in [0.15, 0.2) is 146 Å². The fraction of sp³-hybridized carbons (Fsp3) is 0. The second-order valence-corrected chi connectivity index (χ2v) is 11.1. The maximum atomic E-state index is 2.28. The van der Waals surface area contributed by atoms with E-state index in [0.717, 1.165) is 0 Å². The number of benzene rings is 8. The number of hydrogen-bond acceptors (Lipinski definition) is 0. The molecule has 0 spiro atoms. The van der Waals surface area contributed by atoms with Gasteiger partial charge in [-0.05, 0) is 125 Å². The Morgan fingerprint density at radius 1 is 0.214 bits per heavy atom. The lowest BCUT2D eigenvalue weighted by Crippen LogP contribution is -1.80. The van der Waals surface area contributed by atoms with Crippen LogP contribution in [0, 0.1) is 0 Å². The molecule has 0 aliphatic rings. The van der Waals surface area contributed by atoms with Gasteiger partial charge in [0.2, 0.25) is 0 Å². The van der Waals surface area contributed by atoms with Gasteiger partial charge in [0.15, 0.2) is 0 Å². The minimum Gasteiger partial charge on any atom is -0.0616 e. The first-order valence-electron chi connectivity index (χ1n) is 14.5. The van der Waals surface area contributed by atoms with Gasteiger partial charge in [-0.3, -0.25) is 0 Å². The fourth-order valence-corrected chi connectivity index (χ4v) is 6.00. The molecule has 0 atom stereocenters. The SMILES string of the molecule is C(=Cc1ccc2cc3ccccc3cc2c1)c1ccc2cc(C=Cc3ccc4cc5ccccc5cc4c3)ccc2c1. The highest BCUT2D eigenvalue weighted by Crippen LogP contribution is 2.27. The maximum Gasteiger partial charge on any atom is -0.0172 e. The molecule has 0 bridgehead atoms. The number of hydrogen-bond donors (Lipinski definition) is 0. The Kier molecular flexibility index (Phi) is 5.90. The van der Waals surface area contributed by atoms with E-state index in [9.17, 15) is 0 Å². The summed E-state index contributed by atoms with van der Waals surface area (Å²) in [5.41, 5.74) is 4.82. The van der Waals surface area contributed by atoms with Gasteiger partial charge in [0.1, 0.15) is 0 Å². The van der Waals surface area contributed by atoms with Crippen molar-refractivity contribution >= 4 is 78.2 Å². The summed E-state index contributed by atoms with van der Waals surface area (Å²) in [4.78, 5) is 0. The third kappa shape index (κ3) is 4.74. The zero-order valence-corrected chi connectivity index (χ0v) is 23.2. The summed E-state index contributed by atoms with van der Waals surface area (Å²) in [6.07, 6.45) is 8.83. The van der Waals surface area contributed by atoms with Crippen molar-refractivity contribution < 1.29 is 0 Å². The molecule has 8 aromatic carbocycles. The molecule has 0 aromatic heterocycles. The molecule has 196 valence electrons. The molecule has 8 aromatic rings. The van der Waals surface area contributed by atoms with Gasteiger partial charge in [-0.15, -0.1) is 0 Å². The van der Waals surface area contributed by atoms with Gasteiger partial charge in [-0.2, -0.15) is 0 Å². The van der Waals surface area contributed by atoms with E-state index in [2.05, 4.69) is 170 Å². The van der Waals surface area contributed by atoms with Crippen LogP contribution in [0.3, 0.4) is 0 Å². The monoisotopic (exact) mass is 532 g/mol. The van der Waals surface area contributed by atoms with Crippen LogP contribution in [0.25, 0.3) is 78.2 Å². The molecule has 0 aliphatic carbocycles. The molecule has 42 heavy (non-hydrogen) atoms. The van der Waals surface area contributed by atoms with Gasteiger partial charge in [0, 0.05) is 0 Å². The zero-order chi connectivity index (χ0) is 27.9. The van der Waals surface area contributed by atoms with Crippen LogP contribution in [-0.2, 0) is 0 Å². The van der Waals surface area contributed by atoms with E-state index in [0.29, 0.717) is 0 Å². The summed E-state index contributed by atoms with van der Waals surface area (Å²) in [6, 6.07) is 53.0. The third-order valence-electron chi connectivity index (χ3n) is 8.28. The van der Waals surface area contributed by atoms with Crippen molar-refractivity contribution in [1.82, 2.24) is 0 Å². The number of fused-ring (bicyclic) bond motifs is 5. The summed E-state index contributed by atoms with van der Waals surface area (Å²) in [7, 11) is 0. The second kappa shape index (κ2) is 10.2. The predicted octanol–water partition coefficient (Wildman–Crippen LogP) is 11.8. The Bertz CT molecular complexity index is 2180. The topological polar surface area (TPSA) is 0 Å². The molecule has 0 fully saturated rings. The third-order valence-corrected chi connectivity index (χ3v) is 8.28. The van der Waals surface area contributed by atoms with Crippen molar-refractivity contribution in [3.63, 3.8) is 0 Å². The second-order valence-electron chi connectivity index (χ2n) is 11.1. The van der Waals surface area contributed by atoms with Gasteiger partial charge >= 0.3 is 0 Å². The highest BCUT2D eigenvalue weighted by Gasteiger charge is 2.01. The summed E-state index contributed by atoms with van der Waals surface area (Å²) >= 11 is 0. The van der Waals surface area contributed by atoms with E-state index >= 15 is 0 Å². The van der Waals surface area contributed by atoms with Gasteiger partial charge in [-0.25, -0.2) is 0 Å². The van der Waals surface area contributed by atoms with Crippen molar-refractivity contribution in [2.24, 2.45) is 0 Å². The Morgan fingerprint density at radius 3 is 0.786 bits per heavy atom. The summed E-state index contributed by atoms with van der Waals surface area (Å²) in [5, 5.41) is 12.7. The van der Waals surface area contributed by atoms with Crippen molar-refractivity contribution in [3.8, 4) is 0 Å². The maximum absolute atomic E-state index is 2.28. The minimum atomic E-state index is 1.20. The van der Waals surface area contributed by atoms with Gasteiger partial charge < -0.3 is 0 Å². The van der Waals surface area contributed by atoms with Crippen LogP contribution in [0.4, 0.5) is 0 Å². The summed E-state index contributed by atoms with van der Waals surface area (Å²) in [6.45, 7) is 0. The Balaban J connectivity index is 1.03. The standard InChI is InChI=1S/C42H28/c1-3-7-35-27-41-23-31(15-19-39(41)25-33(35)5-1)11-9-29-13-17-38-22-30(14-18-37(38)21-29)10-12-32-16-20-40-26-34-6-2-4-8-36(34)28-42(40)24-32/h1-28H. The van der Waals surface area contributed by atoms with Gasteiger partial charge in [0.25, 0.3) is 0 Å². The average molecular weight is 533 g/mol. The first-order valence-corrected chi connectivity index (χ1v) is 14.5. The van der Waals surface area contributed by atoms with Crippen molar-refractivity contribution in [2.45, 2.75) is 0 Å². The molecular formula is C42H28. The Labute approximate surface area is 245 Å². The first kappa shape index (κ1) is 24.3. The highest BCUT2D eigenvalue weighted by atomic mass is 14.1. The molecule has 0 saturated heterocycles. The molecule has 8 rings (SSSR count). The zero-order valence-electron chi connectivity index (χ0n) is 23.2. The Morgan fingerprint density at radius 2 is 0.452 bits per heavy atom. The van der Waals surface area contributed by atoms with Crippen molar-refractivity contribution in [2.75, 3.05) is 0 Å². The van der Waals surface area contributed by atoms with E-state index in [4.69, 9.17) is 0 Å². The fourth-order valence-electron chi connectivity index (χ4n) is 6.00. The molecule has 0 aliphatic heterocycles. The van der Waals surface area contributed by atoms with Gasteiger partial charge in [0.05, 0.1) is 0 Å². The van der Waals surface area contributed by atoms with E-state index in [-0.39, 0.29) is 0 Å². The molecule has 0 radical (unpaired) electrons. The average Bonchev–Trinajstić information content (AvgIpc) is 3.04. The first-order chi connectivity index (χ1) is 20.7. The van der Waals surface area contributed by atoms with Crippen LogP contribution in [0.5, 0.6) is 0 Å². The molecule has 0 N–H and O–H groups in total. The molecule has 0 saturated carbocycles. The van der Waals surface area contributed by atoms with Crippen LogP contribution in [0.2, 0.25) is 0 Å². The van der Waals surface area contributed by atoms with Gasteiger partial charge in [-0.1, -0.05) is 121 Å². The van der Waals surface area contributed by atoms with E-state index < -0.39 is 0 Å². The quantitative estimate of drug-likeness (QED) is 0.156. The molecule has 0 unspecified atom stereocenters. The van der Waals surface area contributed by atoms with E-state index in [1.54, 1.807) is 0 Å². The summed E-state index contributed by atoms with van der Waals surface area (Å²) < 4.78 is 0. The van der Waals surface area contributed by atoms with Crippen molar-refractivity contribution in [1.29, 1.82) is 0 Å². The lowest BCUT2D eigenvalue weighted by atomic mass is 10.00. The Hall–Kier alpha value is -5.46.